The van der Waals surface area contributed by atoms with Crippen molar-refractivity contribution in [3.8, 4) is 0 Å². The second kappa shape index (κ2) is 8.17. The molecule has 164 valence electrons. The van der Waals surface area contributed by atoms with E-state index < -0.39 is 11.6 Å². The first-order chi connectivity index (χ1) is 14.8. The minimum absolute atomic E-state index is 0.00757. The van der Waals surface area contributed by atoms with Gasteiger partial charge >= 0.3 is 0 Å². The number of fused-ring (bicyclic) bond motifs is 1. The lowest BCUT2D eigenvalue weighted by molar-refractivity contribution is -0.143. The van der Waals surface area contributed by atoms with Gasteiger partial charge in [-0.15, -0.1) is 5.10 Å². The number of hydrogen-bond donors (Lipinski definition) is 1. The lowest BCUT2D eigenvalue weighted by atomic mass is 10.0. The molecule has 1 unspecified atom stereocenters. The normalized spacial score (nSPS) is 15.1. The molecule has 1 aliphatic rings. The van der Waals surface area contributed by atoms with Crippen molar-refractivity contribution in [3.05, 3.63) is 47.9 Å². The van der Waals surface area contributed by atoms with E-state index in [1.54, 1.807) is 15.6 Å². The zero-order chi connectivity index (χ0) is 22.2. The van der Waals surface area contributed by atoms with E-state index in [0.29, 0.717) is 11.5 Å². The van der Waals surface area contributed by atoms with Gasteiger partial charge in [-0.2, -0.15) is 0 Å². The Balaban J connectivity index is 1.66. The van der Waals surface area contributed by atoms with E-state index in [4.69, 9.17) is 4.42 Å². The van der Waals surface area contributed by atoms with Gasteiger partial charge < -0.3 is 14.6 Å². The fourth-order valence-corrected chi connectivity index (χ4v) is 3.64. The fourth-order valence-electron chi connectivity index (χ4n) is 3.64. The summed E-state index contributed by atoms with van der Waals surface area (Å²) in [5, 5.41) is 11.4. The quantitative estimate of drug-likeness (QED) is 0.600. The summed E-state index contributed by atoms with van der Waals surface area (Å²) in [5.41, 5.74) is 1.12. The van der Waals surface area contributed by atoms with E-state index >= 15 is 0 Å². The molecule has 3 aromatic rings. The molecular formula is C23H29N5O3. The summed E-state index contributed by atoms with van der Waals surface area (Å²) in [4.78, 5) is 28.6. The number of para-hydroxylation sites is 1. The van der Waals surface area contributed by atoms with Crippen molar-refractivity contribution in [1.82, 2.24) is 25.2 Å². The van der Waals surface area contributed by atoms with Crippen LogP contribution in [0.3, 0.4) is 0 Å². The first-order valence-corrected chi connectivity index (χ1v) is 10.8. The third kappa shape index (κ3) is 4.47. The summed E-state index contributed by atoms with van der Waals surface area (Å²) >= 11 is 0. The molecule has 0 spiro atoms. The summed E-state index contributed by atoms with van der Waals surface area (Å²) in [6.07, 6.45) is 2.50. The summed E-state index contributed by atoms with van der Waals surface area (Å²) in [6, 6.07) is 10.3. The van der Waals surface area contributed by atoms with Crippen LogP contribution in [0.25, 0.3) is 11.0 Å². The summed E-state index contributed by atoms with van der Waals surface area (Å²) in [7, 11) is 0. The molecule has 1 fully saturated rings. The van der Waals surface area contributed by atoms with Crippen molar-refractivity contribution in [2.75, 3.05) is 0 Å². The Hall–Kier alpha value is -3.16. The van der Waals surface area contributed by atoms with E-state index in [-0.39, 0.29) is 24.4 Å². The topological polar surface area (TPSA) is 93.3 Å². The van der Waals surface area contributed by atoms with Crippen LogP contribution in [0.4, 0.5) is 0 Å². The van der Waals surface area contributed by atoms with Crippen molar-refractivity contribution in [2.24, 2.45) is 0 Å². The van der Waals surface area contributed by atoms with Crippen LogP contribution in [0.15, 0.2) is 40.8 Å². The molecule has 2 amide bonds. The van der Waals surface area contributed by atoms with E-state index in [1.165, 1.54) is 0 Å². The van der Waals surface area contributed by atoms with Gasteiger partial charge in [0.25, 0.3) is 5.91 Å². The van der Waals surface area contributed by atoms with Crippen LogP contribution in [-0.4, -0.2) is 43.3 Å². The van der Waals surface area contributed by atoms with Gasteiger partial charge in [-0.3, -0.25) is 9.59 Å². The number of amides is 2. The SMILES string of the molecule is CCC(C)(C)NC(=O)C(c1ccc(C)o1)N(C(=O)Cn1nnc2ccccc21)C1CC1. The number of aromatic nitrogens is 3. The lowest BCUT2D eigenvalue weighted by Crippen LogP contribution is -2.51. The summed E-state index contributed by atoms with van der Waals surface area (Å²) < 4.78 is 7.43. The Labute approximate surface area is 181 Å². The van der Waals surface area contributed by atoms with Gasteiger partial charge in [0.2, 0.25) is 5.91 Å². The number of carbonyl (C=O) groups is 2. The van der Waals surface area contributed by atoms with E-state index in [1.807, 2.05) is 58.0 Å². The third-order valence-corrected chi connectivity index (χ3v) is 5.84. The monoisotopic (exact) mass is 423 g/mol. The largest absolute Gasteiger partial charge is 0.464 e. The van der Waals surface area contributed by atoms with Crippen molar-refractivity contribution >= 4 is 22.8 Å². The highest BCUT2D eigenvalue weighted by Gasteiger charge is 2.43. The molecule has 8 heteroatoms. The Kier molecular flexibility index (Phi) is 5.56. The number of nitrogens with one attached hydrogen (secondary N) is 1. The number of rotatable bonds is 8. The van der Waals surface area contributed by atoms with Crippen molar-refractivity contribution in [1.29, 1.82) is 0 Å². The molecule has 31 heavy (non-hydrogen) atoms. The number of aryl methyl sites for hydroxylation is 1. The molecule has 0 bridgehead atoms. The highest BCUT2D eigenvalue weighted by Crippen LogP contribution is 2.36. The molecule has 1 aromatic carbocycles. The third-order valence-electron chi connectivity index (χ3n) is 5.84. The number of furan rings is 1. The van der Waals surface area contributed by atoms with Gasteiger partial charge in [0.05, 0.1) is 5.52 Å². The minimum Gasteiger partial charge on any atom is -0.464 e. The predicted octanol–water partition coefficient (Wildman–Crippen LogP) is 3.37. The standard InChI is InChI=1S/C23H29N5O3/c1-5-23(3,4)24-22(30)21(19-13-10-15(2)31-19)28(16-11-12-16)20(29)14-27-18-9-7-6-8-17(18)25-26-27/h6-10,13,16,21H,5,11-12,14H2,1-4H3,(H,24,30). The van der Waals surface area contributed by atoms with E-state index in [9.17, 15) is 9.59 Å². The number of nitrogens with zero attached hydrogens (tertiary/aromatic N) is 4. The molecule has 0 radical (unpaired) electrons. The Morgan fingerprint density at radius 1 is 1.26 bits per heavy atom. The molecule has 2 heterocycles. The van der Waals surface area contributed by atoms with Crippen LogP contribution >= 0.6 is 0 Å². The zero-order valence-corrected chi connectivity index (χ0v) is 18.5. The molecule has 8 nitrogen and oxygen atoms in total. The van der Waals surface area contributed by atoms with Crippen LogP contribution in [0.1, 0.15) is 57.6 Å². The maximum atomic E-state index is 13.5. The number of hydrogen-bond acceptors (Lipinski definition) is 5. The summed E-state index contributed by atoms with van der Waals surface area (Å²) in [6.45, 7) is 7.81. The Morgan fingerprint density at radius 2 is 2.00 bits per heavy atom. The number of benzene rings is 1. The fraction of sp³-hybridized carbons (Fsp3) is 0.478. The highest BCUT2D eigenvalue weighted by atomic mass is 16.3. The van der Waals surface area contributed by atoms with Gasteiger partial charge in [-0.05, 0) is 64.3 Å². The second-order valence-electron chi connectivity index (χ2n) is 8.85. The van der Waals surface area contributed by atoms with Crippen LogP contribution in [-0.2, 0) is 16.1 Å². The van der Waals surface area contributed by atoms with E-state index in [2.05, 4.69) is 15.6 Å². The van der Waals surface area contributed by atoms with Crippen LogP contribution in [0.5, 0.6) is 0 Å². The van der Waals surface area contributed by atoms with Crippen molar-refractivity contribution in [3.63, 3.8) is 0 Å². The van der Waals surface area contributed by atoms with Gasteiger partial charge in [0, 0.05) is 11.6 Å². The van der Waals surface area contributed by atoms with Gasteiger partial charge in [0.15, 0.2) is 6.04 Å². The molecule has 1 saturated carbocycles. The van der Waals surface area contributed by atoms with Crippen LogP contribution < -0.4 is 5.32 Å². The Morgan fingerprint density at radius 3 is 2.65 bits per heavy atom. The first kappa shape index (κ1) is 21.1. The molecule has 4 rings (SSSR count). The minimum atomic E-state index is -0.825. The average Bonchev–Trinajstić information content (AvgIpc) is 3.36. The van der Waals surface area contributed by atoms with Gasteiger partial charge in [-0.25, -0.2) is 4.68 Å². The molecule has 2 aromatic heterocycles. The van der Waals surface area contributed by atoms with Crippen molar-refractivity contribution in [2.45, 2.75) is 71.1 Å². The molecular weight excluding hydrogens is 394 g/mol. The van der Waals surface area contributed by atoms with Crippen LogP contribution in [0.2, 0.25) is 0 Å². The maximum absolute atomic E-state index is 13.5. The molecule has 0 aliphatic heterocycles. The maximum Gasteiger partial charge on any atom is 0.251 e. The highest BCUT2D eigenvalue weighted by molar-refractivity contribution is 5.89. The average molecular weight is 424 g/mol. The first-order valence-electron chi connectivity index (χ1n) is 10.8. The van der Waals surface area contributed by atoms with E-state index in [0.717, 1.165) is 30.3 Å². The molecule has 0 saturated heterocycles. The van der Waals surface area contributed by atoms with Gasteiger partial charge in [-0.1, -0.05) is 24.3 Å². The number of carbonyl (C=O) groups excluding carboxylic acids is 2. The van der Waals surface area contributed by atoms with Crippen molar-refractivity contribution < 1.29 is 14.0 Å². The predicted molar refractivity (Wildman–Crippen MR) is 116 cm³/mol. The smallest absolute Gasteiger partial charge is 0.251 e. The van der Waals surface area contributed by atoms with Gasteiger partial charge in [0.1, 0.15) is 23.6 Å². The second-order valence-corrected chi connectivity index (χ2v) is 8.85. The zero-order valence-electron chi connectivity index (χ0n) is 18.5. The molecule has 1 atom stereocenters. The lowest BCUT2D eigenvalue weighted by Gasteiger charge is -2.33. The Bertz CT molecular complexity index is 1100. The summed E-state index contributed by atoms with van der Waals surface area (Å²) in [5.74, 6) is 0.769. The molecule has 1 N–H and O–H groups in total. The van der Waals surface area contributed by atoms with Crippen LogP contribution in [0, 0.1) is 6.92 Å². The molecule has 1 aliphatic carbocycles.